The van der Waals surface area contributed by atoms with Crippen LogP contribution >= 0.6 is 0 Å². The maximum Gasteiger partial charge on any atom is 0.236 e. The maximum absolute atomic E-state index is 5.40. The molecule has 0 N–H and O–H groups in total. The van der Waals surface area contributed by atoms with Crippen LogP contribution in [0.15, 0.2) is 30.5 Å². The summed E-state index contributed by atoms with van der Waals surface area (Å²) in [6.45, 7) is 4.48. The minimum Gasteiger partial charge on any atom is -0.494 e. The van der Waals surface area contributed by atoms with Crippen molar-refractivity contribution in [2.45, 2.75) is 19.8 Å². The quantitative estimate of drug-likeness (QED) is 0.728. The summed E-state index contributed by atoms with van der Waals surface area (Å²) >= 11 is 0. The summed E-state index contributed by atoms with van der Waals surface area (Å²) in [5.41, 5.74) is 1.89. The van der Waals surface area contributed by atoms with E-state index in [2.05, 4.69) is 29.1 Å². The highest BCUT2D eigenvalue weighted by molar-refractivity contribution is 5.85. The summed E-state index contributed by atoms with van der Waals surface area (Å²) in [5.74, 6) is 3.36. The van der Waals surface area contributed by atoms with Crippen molar-refractivity contribution in [1.82, 2.24) is 14.4 Å². The topological polar surface area (TPSA) is 42.7 Å². The van der Waals surface area contributed by atoms with Crippen LogP contribution in [0.5, 0.6) is 5.75 Å². The fourth-order valence-corrected chi connectivity index (χ4v) is 3.16. The summed E-state index contributed by atoms with van der Waals surface area (Å²) in [7, 11) is 1.67. The average Bonchev–Trinajstić information content (AvgIpc) is 2.93. The van der Waals surface area contributed by atoms with Crippen LogP contribution in [0.1, 0.15) is 19.8 Å². The van der Waals surface area contributed by atoms with Crippen molar-refractivity contribution in [1.29, 1.82) is 0 Å². The van der Waals surface area contributed by atoms with E-state index in [0.29, 0.717) is 0 Å². The number of methoxy groups -OCH3 is 1. The third-order valence-electron chi connectivity index (χ3n) is 4.58. The fourth-order valence-electron chi connectivity index (χ4n) is 3.16. The first-order valence-electron chi connectivity index (χ1n) is 7.83. The van der Waals surface area contributed by atoms with Gasteiger partial charge in [-0.1, -0.05) is 13.0 Å². The SMILES string of the molecule is COc1cccc2c1nc1nc(N3CCC(C)CC3)ccn12. The van der Waals surface area contributed by atoms with E-state index in [4.69, 9.17) is 9.72 Å². The van der Waals surface area contributed by atoms with Gasteiger partial charge in [0.05, 0.1) is 12.6 Å². The normalized spacial score (nSPS) is 16.5. The van der Waals surface area contributed by atoms with Gasteiger partial charge in [0, 0.05) is 19.3 Å². The highest BCUT2D eigenvalue weighted by Crippen LogP contribution is 2.27. The van der Waals surface area contributed by atoms with Crippen molar-refractivity contribution in [2.75, 3.05) is 25.1 Å². The van der Waals surface area contributed by atoms with Gasteiger partial charge in [0.2, 0.25) is 5.78 Å². The molecule has 5 heteroatoms. The van der Waals surface area contributed by atoms with E-state index < -0.39 is 0 Å². The van der Waals surface area contributed by atoms with Gasteiger partial charge < -0.3 is 9.64 Å². The Morgan fingerprint density at radius 1 is 1.14 bits per heavy atom. The molecule has 5 nitrogen and oxygen atoms in total. The second-order valence-electron chi connectivity index (χ2n) is 6.07. The minimum atomic E-state index is 0.732. The molecular weight excluding hydrogens is 276 g/mol. The molecule has 0 aliphatic carbocycles. The number of aromatic nitrogens is 3. The van der Waals surface area contributed by atoms with E-state index >= 15 is 0 Å². The maximum atomic E-state index is 5.40. The van der Waals surface area contributed by atoms with Gasteiger partial charge in [-0.05, 0) is 37.0 Å². The van der Waals surface area contributed by atoms with Gasteiger partial charge in [-0.2, -0.15) is 4.98 Å². The molecular formula is C17H20N4O. The predicted octanol–water partition coefficient (Wildman–Crippen LogP) is 3.13. The van der Waals surface area contributed by atoms with E-state index in [1.54, 1.807) is 7.11 Å². The molecule has 1 saturated heterocycles. The standard InChI is InChI=1S/C17H20N4O/c1-12-6-9-20(10-7-12)15-8-11-21-13-4-3-5-14(22-2)16(13)19-17(21)18-15/h3-5,8,11-12H,6-7,9-10H2,1-2H3. The predicted molar refractivity (Wildman–Crippen MR) is 87.7 cm³/mol. The Bertz CT molecular complexity index is 818. The molecule has 0 bridgehead atoms. The van der Waals surface area contributed by atoms with Gasteiger partial charge in [0.25, 0.3) is 0 Å². The van der Waals surface area contributed by atoms with Crippen molar-refractivity contribution in [3.05, 3.63) is 30.5 Å². The molecule has 4 rings (SSSR count). The van der Waals surface area contributed by atoms with Crippen LogP contribution in [0.4, 0.5) is 5.82 Å². The van der Waals surface area contributed by atoms with Gasteiger partial charge in [-0.3, -0.25) is 4.40 Å². The van der Waals surface area contributed by atoms with Crippen molar-refractivity contribution >= 4 is 22.6 Å². The number of nitrogens with zero attached hydrogens (tertiary/aromatic N) is 4. The largest absolute Gasteiger partial charge is 0.494 e. The van der Waals surface area contributed by atoms with E-state index in [1.807, 2.05) is 22.6 Å². The Morgan fingerprint density at radius 2 is 1.95 bits per heavy atom. The lowest BCUT2D eigenvalue weighted by atomic mass is 9.99. The Balaban J connectivity index is 1.79. The third-order valence-corrected chi connectivity index (χ3v) is 4.58. The first kappa shape index (κ1) is 13.4. The summed E-state index contributed by atoms with van der Waals surface area (Å²) in [6, 6.07) is 8.04. The number of benzene rings is 1. The van der Waals surface area contributed by atoms with Gasteiger partial charge in [0.1, 0.15) is 17.1 Å². The highest BCUT2D eigenvalue weighted by atomic mass is 16.5. The van der Waals surface area contributed by atoms with Gasteiger partial charge >= 0.3 is 0 Å². The Hall–Kier alpha value is -2.30. The summed E-state index contributed by atoms with van der Waals surface area (Å²) in [5, 5.41) is 0. The first-order valence-corrected chi connectivity index (χ1v) is 7.83. The van der Waals surface area contributed by atoms with Crippen LogP contribution < -0.4 is 9.64 Å². The monoisotopic (exact) mass is 296 g/mol. The summed E-state index contributed by atoms with van der Waals surface area (Å²) in [4.78, 5) is 11.8. The molecule has 114 valence electrons. The van der Waals surface area contributed by atoms with Gasteiger partial charge in [-0.25, -0.2) is 4.98 Å². The third kappa shape index (κ3) is 2.08. The van der Waals surface area contributed by atoms with E-state index in [1.165, 1.54) is 12.8 Å². The van der Waals surface area contributed by atoms with Crippen LogP contribution in [-0.2, 0) is 0 Å². The zero-order chi connectivity index (χ0) is 15.1. The zero-order valence-corrected chi connectivity index (χ0v) is 13.0. The number of anilines is 1. The molecule has 3 heterocycles. The molecule has 0 amide bonds. The minimum absolute atomic E-state index is 0.732. The molecule has 3 aromatic rings. The molecule has 0 saturated carbocycles. The summed E-state index contributed by atoms with van der Waals surface area (Å²) < 4.78 is 7.42. The molecule has 0 unspecified atom stereocenters. The van der Waals surface area contributed by atoms with Crippen LogP contribution in [0.3, 0.4) is 0 Å². The Labute approximate surface area is 129 Å². The Morgan fingerprint density at radius 3 is 2.73 bits per heavy atom. The highest BCUT2D eigenvalue weighted by Gasteiger charge is 2.18. The number of fused-ring (bicyclic) bond motifs is 3. The Kier molecular flexibility index (Phi) is 3.13. The molecule has 1 aliphatic rings. The molecule has 1 aliphatic heterocycles. The lowest BCUT2D eigenvalue weighted by molar-refractivity contribution is 0.419. The van der Waals surface area contributed by atoms with Crippen LogP contribution in [-0.4, -0.2) is 34.6 Å². The van der Waals surface area contributed by atoms with Crippen molar-refractivity contribution in [3.63, 3.8) is 0 Å². The van der Waals surface area contributed by atoms with Gasteiger partial charge in [0.15, 0.2) is 0 Å². The number of ether oxygens (including phenoxy) is 1. The van der Waals surface area contributed by atoms with Crippen molar-refractivity contribution in [2.24, 2.45) is 5.92 Å². The van der Waals surface area contributed by atoms with E-state index in [0.717, 1.165) is 47.4 Å². The number of piperidine rings is 1. The van der Waals surface area contributed by atoms with Crippen LogP contribution in [0, 0.1) is 5.92 Å². The number of para-hydroxylation sites is 1. The second-order valence-corrected chi connectivity index (χ2v) is 6.07. The summed E-state index contributed by atoms with van der Waals surface area (Å²) in [6.07, 6.45) is 4.53. The second kappa shape index (κ2) is 5.16. The zero-order valence-electron chi connectivity index (χ0n) is 13.0. The van der Waals surface area contributed by atoms with Gasteiger partial charge in [-0.15, -0.1) is 0 Å². The van der Waals surface area contributed by atoms with E-state index in [-0.39, 0.29) is 0 Å². The molecule has 22 heavy (non-hydrogen) atoms. The number of hydrogen-bond donors (Lipinski definition) is 0. The fraction of sp³-hybridized carbons (Fsp3) is 0.412. The number of imidazole rings is 1. The molecule has 0 atom stereocenters. The smallest absolute Gasteiger partial charge is 0.236 e. The van der Waals surface area contributed by atoms with Crippen molar-refractivity contribution < 1.29 is 4.74 Å². The lowest BCUT2D eigenvalue weighted by Crippen LogP contribution is -2.33. The number of rotatable bonds is 2. The number of hydrogen-bond acceptors (Lipinski definition) is 4. The van der Waals surface area contributed by atoms with Crippen molar-refractivity contribution in [3.8, 4) is 5.75 Å². The molecule has 1 aromatic carbocycles. The first-order chi connectivity index (χ1) is 10.8. The molecule has 0 radical (unpaired) electrons. The van der Waals surface area contributed by atoms with E-state index in [9.17, 15) is 0 Å². The molecule has 2 aromatic heterocycles. The lowest BCUT2D eigenvalue weighted by Gasteiger charge is -2.31. The average molecular weight is 296 g/mol. The van der Waals surface area contributed by atoms with Crippen LogP contribution in [0.2, 0.25) is 0 Å². The molecule has 1 fully saturated rings. The van der Waals surface area contributed by atoms with Crippen LogP contribution in [0.25, 0.3) is 16.8 Å². The molecule has 0 spiro atoms.